The first-order valence-electron chi connectivity index (χ1n) is 7.58. The van der Waals surface area contributed by atoms with Gasteiger partial charge in [0.25, 0.3) is 0 Å². The van der Waals surface area contributed by atoms with E-state index in [0.29, 0.717) is 11.5 Å². The Morgan fingerprint density at radius 3 is 2.40 bits per heavy atom. The van der Waals surface area contributed by atoms with Crippen molar-refractivity contribution in [1.82, 2.24) is 9.96 Å². The van der Waals surface area contributed by atoms with Crippen molar-refractivity contribution in [2.75, 3.05) is 20.2 Å². The first-order chi connectivity index (χ1) is 11.8. The maximum atomic E-state index is 12.0. The number of hydrogen-bond acceptors (Lipinski definition) is 6. The molecule has 0 atom stereocenters. The van der Waals surface area contributed by atoms with Crippen LogP contribution < -0.4 is 0 Å². The van der Waals surface area contributed by atoms with E-state index in [-0.39, 0.29) is 13.0 Å². The quantitative estimate of drug-likeness (QED) is 0.452. The average molecular weight is 351 g/mol. The summed E-state index contributed by atoms with van der Waals surface area (Å²) < 4.78 is 4.74. The van der Waals surface area contributed by atoms with Crippen LogP contribution in [0, 0.1) is 5.41 Å². The number of carboxylic acids is 1. The summed E-state index contributed by atoms with van der Waals surface area (Å²) in [5.41, 5.74) is 0.917. The van der Waals surface area contributed by atoms with Crippen molar-refractivity contribution in [2.24, 2.45) is 0 Å². The van der Waals surface area contributed by atoms with E-state index in [9.17, 15) is 14.4 Å². The summed E-state index contributed by atoms with van der Waals surface area (Å²) in [5, 5.41) is 17.0. The first kappa shape index (κ1) is 19.9. The SMILES string of the molecule is CCOC(=O)N(OC(=O)CCc1ccccc1)C(=N)N(C)CC(=O)O. The van der Waals surface area contributed by atoms with Gasteiger partial charge in [-0.15, -0.1) is 0 Å². The van der Waals surface area contributed by atoms with Crippen LogP contribution in [0.4, 0.5) is 4.79 Å². The van der Waals surface area contributed by atoms with E-state index in [1.165, 1.54) is 7.05 Å². The van der Waals surface area contributed by atoms with Crippen LogP contribution in [0.15, 0.2) is 30.3 Å². The Balaban J connectivity index is 2.72. The molecule has 1 aromatic rings. The minimum absolute atomic E-state index is 0.00677. The summed E-state index contributed by atoms with van der Waals surface area (Å²) in [5.74, 6) is -2.56. The zero-order valence-electron chi connectivity index (χ0n) is 14.1. The molecule has 0 aromatic heterocycles. The van der Waals surface area contributed by atoms with Crippen molar-refractivity contribution >= 4 is 24.0 Å². The molecule has 0 bridgehead atoms. The molecule has 0 aliphatic heterocycles. The number of nitrogens with zero attached hydrogens (tertiary/aromatic N) is 2. The van der Waals surface area contributed by atoms with E-state index >= 15 is 0 Å². The van der Waals surface area contributed by atoms with Crippen LogP contribution in [0.1, 0.15) is 18.9 Å². The number of aliphatic carboxylic acids is 1. The Bertz CT molecular complexity index is 620. The summed E-state index contributed by atoms with van der Waals surface area (Å²) in [6.45, 7) is 1.01. The normalized spacial score (nSPS) is 9.84. The number of carbonyl (C=O) groups excluding carboxylic acids is 2. The van der Waals surface area contributed by atoms with Gasteiger partial charge in [0, 0.05) is 7.05 Å². The molecule has 136 valence electrons. The Kier molecular flexibility index (Phi) is 7.91. The molecule has 0 aliphatic rings. The monoisotopic (exact) mass is 351 g/mol. The molecule has 2 N–H and O–H groups in total. The maximum Gasteiger partial charge on any atom is 0.451 e. The molecule has 1 aromatic carbocycles. The number of amides is 1. The number of aryl methyl sites for hydroxylation is 1. The number of rotatable bonds is 6. The molecular formula is C16H21N3O6. The van der Waals surface area contributed by atoms with Gasteiger partial charge in [0.05, 0.1) is 13.0 Å². The zero-order valence-corrected chi connectivity index (χ0v) is 14.1. The van der Waals surface area contributed by atoms with Crippen LogP contribution in [-0.2, 0) is 25.6 Å². The Morgan fingerprint density at radius 1 is 1.20 bits per heavy atom. The predicted octanol–water partition coefficient (Wildman–Crippen LogP) is 1.49. The minimum atomic E-state index is -1.20. The number of guanidine groups is 1. The Morgan fingerprint density at radius 2 is 1.84 bits per heavy atom. The van der Waals surface area contributed by atoms with Crippen LogP contribution in [-0.4, -0.2) is 59.3 Å². The zero-order chi connectivity index (χ0) is 18.8. The highest BCUT2D eigenvalue weighted by atomic mass is 16.8. The second kappa shape index (κ2) is 9.91. The summed E-state index contributed by atoms with van der Waals surface area (Å²) >= 11 is 0. The smallest absolute Gasteiger partial charge is 0.451 e. The average Bonchev–Trinajstić information content (AvgIpc) is 2.57. The summed E-state index contributed by atoms with van der Waals surface area (Å²) in [6.07, 6.45) is -0.692. The Hall–Kier alpha value is -3.10. The van der Waals surface area contributed by atoms with Gasteiger partial charge in [-0.1, -0.05) is 35.4 Å². The maximum absolute atomic E-state index is 12.0. The number of hydroxylamine groups is 2. The number of nitrogens with one attached hydrogen (secondary N) is 1. The lowest BCUT2D eigenvalue weighted by atomic mass is 10.1. The molecule has 1 amide bonds. The molecule has 0 fully saturated rings. The first-order valence-corrected chi connectivity index (χ1v) is 7.58. The topological polar surface area (TPSA) is 120 Å². The van der Waals surface area contributed by atoms with Crippen molar-refractivity contribution in [2.45, 2.75) is 19.8 Å². The molecule has 0 heterocycles. The van der Waals surface area contributed by atoms with E-state index in [4.69, 9.17) is 20.1 Å². The molecule has 0 unspecified atom stereocenters. The van der Waals surface area contributed by atoms with Gasteiger partial charge in [0.1, 0.15) is 6.54 Å². The van der Waals surface area contributed by atoms with Crippen molar-refractivity contribution in [3.05, 3.63) is 35.9 Å². The van der Waals surface area contributed by atoms with E-state index in [2.05, 4.69) is 0 Å². The second-order valence-electron chi connectivity index (χ2n) is 5.02. The van der Waals surface area contributed by atoms with Crippen molar-refractivity contribution in [1.29, 1.82) is 5.41 Å². The van der Waals surface area contributed by atoms with Crippen LogP contribution in [0.2, 0.25) is 0 Å². The number of benzene rings is 1. The second-order valence-corrected chi connectivity index (χ2v) is 5.02. The summed E-state index contributed by atoms with van der Waals surface area (Å²) in [6, 6.07) is 9.21. The fourth-order valence-corrected chi connectivity index (χ4v) is 1.82. The molecule has 9 nitrogen and oxygen atoms in total. The molecule has 0 aliphatic carbocycles. The number of likely N-dealkylation sites (N-methyl/N-ethyl adjacent to an activating group) is 1. The van der Waals surface area contributed by atoms with E-state index < -0.39 is 30.5 Å². The van der Waals surface area contributed by atoms with Crippen molar-refractivity contribution < 1.29 is 29.1 Å². The standard InChI is InChI=1S/C16H21N3O6/c1-3-24-16(23)19(15(17)18(2)11-13(20)21)25-14(22)10-9-12-7-5-4-6-8-12/h4-8,17H,3,9-11H2,1-2H3,(H,20,21). The molecule has 9 heteroatoms. The number of ether oxygens (including phenoxy) is 1. The van der Waals surface area contributed by atoms with Crippen LogP contribution >= 0.6 is 0 Å². The Labute approximate surface area is 145 Å². The molecule has 0 saturated heterocycles. The largest absolute Gasteiger partial charge is 0.480 e. The van der Waals surface area contributed by atoms with Crippen LogP contribution in [0.5, 0.6) is 0 Å². The van der Waals surface area contributed by atoms with Crippen LogP contribution in [0.25, 0.3) is 0 Å². The van der Waals surface area contributed by atoms with Gasteiger partial charge >= 0.3 is 18.0 Å². The lowest BCUT2D eigenvalue weighted by molar-refractivity contribution is -0.169. The number of carboxylic acid groups (broad SMARTS) is 1. The summed E-state index contributed by atoms with van der Waals surface area (Å²) in [7, 11) is 1.28. The number of carbonyl (C=O) groups is 3. The van der Waals surface area contributed by atoms with Gasteiger partial charge in [0.2, 0.25) is 5.96 Å². The lowest BCUT2D eigenvalue weighted by Gasteiger charge is -2.25. The predicted molar refractivity (Wildman–Crippen MR) is 87.7 cm³/mol. The third kappa shape index (κ3) is 6.90. The van der Waals surface area contributed by atoms with Gasteiger partial charge < -0.3 is 19.6 Å². The van der Waals surface area contributed by atoms with Crippen molar-refractivity contribution in [3.8, 4) is 0 Å². The summed E-state index contributed by atoms with van der Waals surface area (Å²) in [4.78, 5) is 40.5. The highest BCUT2D eigenvalue weighted by Crippen LogP contribution is 2.07. The fourth-order valence-electron chi connectivity index (χ4n) is 1.82. The third-order valence-electron chi connectivity index (χ3n) is 3.01. The van der Waals surface area contributed by atoms with Crippen molar-refractivity contribution in [3.63, 3.8) is 0 Å². The molecule has 0 saturated carbocycles. The van der Waals surface area contributed by atoms with Gasteiger partial charge in [0.15, 0.2) is 0 Å². The molecule has 0 radical (unpaired) electrons. The van der Waals surface area contributed by atoms with Gasteiger partial charge in [-0.25, -0.2) is 9.59 Å². The highest BCUT2D eigenvalue weighted by Gasteiger charge is 2.28. The lowest BCUT2D eigenvalue weighted by Crippen LogP contribution is -2.47. The molecule has 0 spiro atoms. The van der Waals surface area contributed by atoms with Gasteiger partial charge in [-0.2, -0.15) is 0 Å². The third-order valence-corrected chi connectivity index (χ3v) is 3.01. The van der Waals surface area contributed by atoms with Gasteiger partial charge in [-0.05, 0) is 18.9 Å². The number of hydrogen-bond donors (Lipinski definition) is 2. The minimum Gasteiger partial charge on any atom is -0.480 e. The highest BCUT2D eigenvalue weighted by molar-refractivity contribution is 5.93. The van der Waals surface area contributed by atoms with Gasteiger partial charge in [-0.3, -0.25) is 10.2 Å². The van der Waals surface area contributed by atoms with E-state index in [0.717, 1.165) is 10.5 Å². The van der Waals surface area contributed by atoms with Crippen LogP contribution in [0.3, 0.4) is 0 Å². The molecular weight excluding hydrogens is 330 g/mol. The fraction of sp³-hybridized carbons (Fsp3) is 0.375. The molecule has 25 heavy (non-hydrogen) atoms. The molecule has 1 rings (SSSR count). The van der Waals surface area contributed by atoms with E-state index in [1.54, 1.807) is 6.92 Å². The van der Waals surface area contributed by atoms with E-state index in [1.807, 2.05) is 30.3 Å².